The SMILES string of the molecule is CC(C)=CC(=O)Nc1ccc2c(c1)NCCC2.Cl. The van der Waals surface area contributed by atoms with E-state index in [0.29, 0.717) is 0 Å². The number of allylic oxidation sites excluding steroid dienone is 1. The molecule has 1 aliphatic heterocycles. The number of anilines is 2. The third kappa shape index (κ3) is 3.77. The van der Waals surface area contributed by atoms with E-state index in [2.05, 4.69) is 16.7 Å². The summed E-state index contributed by atoms with van der Waals surface area (Å²) in [5.41, 5.74) is 4.32. The molecule has 4 heteroatoms. The van der Waals surface area contributed by atoms with E-state index < -0.39 is 0 Å². The molecule has 0 saturated heterocycles. The molecule has 0 radical (unpaired) electrons. The second kappa shape index (κ2) is 6.45. The summed E-state index contributed by atoms with van der Waals surface area (Å²) in [7, 11) is 0. The fraction of sp³-hybridized carbons (Fsp3) is 0.357. The van der Waals surface area contributed by atoms with Gasteiger partial charge in [-0.1, -0.05) is 11.6 Å². The summed E-state index contributed by atoms with van der Waals surface area (Å²) in [5, 5.41) is 6.22. The van der Waals surface area contributed by atoms with Crippen LogP contribution in [0.1, 0.15) is 25.8 Å². The molecule has 0 aromatic heterocycles. The highest BCUT2D eigenvalue weighted by atomic mass is 35.5. The van der Waals surface area contributed by atoms with Gasteiger partial charge >= 0.3 is 0 Å². The molecule has 1 aromatic carbocycles. The Morgan fingerprint density at radius 2 is 2.17 bits per heavy atom. The highest BCUT2D eigenvalue weighted by molar-refractivity contribution is 6.00. The van der Waals surface area contributed by atoms with Gasteiger partial charge in [-0.3, -0.25) is 4.79 Å². The van der Waals surface area contributed by atoms with Crippen LogP contribution >= 0.6 is 12.4 Å². The van der Waals surface area contributed by atoms with Crippen molar-refractivity contribution >= 4 is 29.7 Å². The number of halogens is 1. The number of fused-ring (bicyclic) bond motifs is 1. The molecule has 1 heterocycles. The van der Waals surface area contributed by atoms with Crippen LogP contribution in [0.25, 0.3) is 0 Å². The standard InChI is InChI=1S/C14H18N2O.ClH/c1-10(2)8-14(17)16-12-6-5-11-4-3-7-15-13(11)9-12;/h5-6,8-9,15H,3-4,7H2,1-2H3,(H,16,17);1H. The van der Waals surface area contributed by atoms with Crippen molar-refractivity contribution in [2.75, 3.05) is 17.2 Å². The molecule has 0 unspecified atom stereocenters. The molecule has 0 saturated carbocycles. The number of nitrogens with one attached hydrogen (secondary N) is 2. The minimum absolute atomic E-state index is 0. The van der Waals surface area contributed by atoms with Gasteiger partial charge in [-0.15, -0.1) is 12.4 Å². The first-order chi connectivity index (χ1) is 8.15. The van der Waals surface area contributed by atoms with Crippen molar-refractivity contribution in [2.45, 2.75) is 26.7 Å². The van der Waals surface area contributed by atoms with Gasteiger partial charge < -0.3 is 10.6 Å². The van der Waals surface area contributed by atoms with E-state index in [0.717, 1.165) is 29.9 Å². The van der Waals surface area contributed by atoms with E-state index in [1.54, 1.807) is 6.08 Å². The Bertz CT molecular complexity index is 465. The normalized spacial score (nSPS) is 12.6. The van der Waals surface area contributed by atoms with E-state index in [1.807, 2.05) is 26.0 Å². The number of benzene rings is 1. The molecule has 0 atom stereocenters. The zero-order chi connectivity index (χ0) is 12.3. The molecule has 0 bridgehead atoms. The highest BCUT2D eigenvalue weighted by Gasteiger charge is 2.09. The fourth-order valence-electron chi connectivity index (χ4n) is 1.98. The summed E-state index contributed by atoms with van der Waals surface area (Å²) in [6, 6.07) is 6.05. The van der Waals surface area contributed by atoms with Crippen LogP contribution in [0, 0.1) is 0 Å². The Labute approximate surface area is 114 Å². The second-order valence-corrected chi connectivity index (χ2v) is 4.61. The molecular weight excluding hydrogens is 248 g/mol. The van der Waals surface area contributed by atoms with E-state index in [1.165, 1.54) is 12.0 Å². The lowest BCUT2D eigenvalue weighted by Gasteiger charge is -2.18. The van der Waals surface area contributed by atoms with Crippen molar-refractivity contribution < 1.29 is 4.79 Å². The molecule has 0 aliphatic carbocycles. The van der Waals surface area contributed by atoms with Gasteiger partial charge in [0.25, 0.3) is 0 Å². The van der Waals surface area contributed by atoms with Gasteiger partial charge in [0.15, 0.2) is 0 Å². The van der Waals surface area contributed by atoms with Crippen LogP contribution in [0.2, 0.25) is 0 Å². The van der Waals surface area contributed by atoms with E-state index in [4.69, 9.17) is 0 Å². The monoisotopic (exact) mass is 266 g/mol. The second-order valence-electron chi connectivity index (χ2n) is 4.61. The van der Waals surface area contributed by atoms with Crippen LogP contribution in [-0.2, 0) is 11.2 Å². The molecule has 0 fully saturated rings. The van der Waals surface area contributed by atoms with E-state index >= 15 is 0 Å². The van der Waals surface area contributed by atoms with Crippen LogP contribution in [0.3, 0.4) is 0 Å². The van der Waals surface area contributed by atoms with Gasteiger partial charge in [0.1, 0.15) is 0 Å². The quantitative estimate of drug-likeness (QED) is 0.806. The van der Waals surface area contributed by atoms with Crippen molar-refractivity contribution in [1.82, 2.24) is 0 Å². The fourth-order valence-corrected chi connectivity index (χ4v) is 1.98. The molecule has 18 heavy (non-hydrogen) atoms. The zero-order valence-corrected chi connectivity index (χ0v) is 11.6. The van der Waals surface area contributed by atoms with Gasteiger partial charge in [-0.05, 0) is 44.4 Å². The van der Waals surface area contributed by atoms with Crippen molar-refractivity contribution in [1.29, 1.82) is 0 Å². The third-order valence-electron chi connectivity index (χ3n) is 2.74. The average molecular weight is 267 g/mol. The minimum Gasteiger partial charge on any atom is -0.385 e. The number of amides is 1. The predicted molar refractivity (Wildman–Crippen MR) is 78.6 cm³/mol. The summed E-state index contributed by atoms with van der Waals surface area (Å²) in [6.07, 6.45) is 3.90. The molecule has 3 nitrogen and oxygen atoms in total. The minimum atomic E-state index is -0.0687. The predicted octanol–water partition coefficient (Wildman–Crippen LogP) is 3.37. The summed E-state index contributed by atoms with van der Waals surface area (Å²) >= 11 is 0. The molecule has 2 N–H and O–H groups in total. The van der Waals surface area contributed by atoms with Crippen molar-refractivity contribution in [3.8, 4) is 0 Å². The topological polar surface area (TPSA) is 41.1 Å². The summed E-state index contributed by atoms with van der Waals surface area (Å²) in [4.78, 5) is 11.6. The Hall–Kier alpha value is -1.48. The Morgan fingerprint density at radius 1 is 1.39 bits per heavy atom. The number of carbonyl (C=O) groups is 1. The molecule has 1 amide bonds. The lowest BCUT2D eigenvalue weighted by atomic mass is 10.0. The maximum absolute atomic E-state index is 11.6. The van der Waals surface area contributed by atoms with Crippen LogP contribution < -0.4 is 10.6 Å². The molecule has 0 spiro atoms. The Balaban J connectivity index is 0.00000162. The number of hydrogen-bond donors (Lipinski definition) is 2. The Morgan fingerprint density at radius 3 is 2.89 bits per heavy atom. The summed E-state index contributed by atoms with van der Waals surface area (Å²) in [6.45, 7) is 4.83. The van der Waals surface area contributed by atoms with Crippen molar-refractivity contribution in [3.63, 3.8) is 0 Å². The summed E-state index contributed by atoms with van der Waals surface area (Å²) < 4.78 is 0. The van der Waals surface area contributed by atoms with Crippen LogP contribution in [0.5, 0.6) is 0 Å². The summed E-state index contributed by atoms with van der Waals surface area (Å²) in [5.74, 6) is -0.0687. The first-order valence-corrected chi connectivity index (χ1v) is 5.98. The van der Waals surface area contributed by atoms with Crippen molar-refractivity contribution in [2.24, 2.45) is 0 Å². The molecular formula is C14H19ClN2O. The number of carbonyl (C=O) groups excluding carboxylic acids is 1. The van der Waals surface area contributed by atoms with Crippen molar-refractivity contribution in [3.05, 3.63) is 35.4 Å². The highest BCUT2D eigenvalue weighted by Crippen LogP contribution is 2.25. The van der Waals surface area contributed by atoms with Gasteiger partial charge in [-0.25, -0.2) is 0 Å². The Kier molecular flexibility index (Phi) is 5.23. The first-order valence-electron chi connectivity index (χ1n) is 5.98. The largest absolute Gasteiger partial charge is 0.385 e. The van der Waals surface area contributed by atoms with Crippen LogP contribution in [-0.4, -0.2) is 12.5 Å². The van der Waals surface area contributed by atoms with Crippen LogP contribution in [0.4, 0.5) is 11.4 Å². The molecule has 1 aliphatic rings. The molecule has 1 aromatic rings. The van der Waals surface area contributed by atoms with E-state index in [9.17, 15) is 4.79 Å². The van der Waals surface area contributed by atoms with Gasteiger partial charge in [-0.2, -0.15) is 0 Å². The maximum Gasteiger partial charge on any atom is 0.248 e. The smallest absolute Gasteiger partial charge is 0.248 e. The lowest BCUT2D eigenvalue weighted by molar-refractivity contribution is -0.111. The number of hydrogen-bond acceptors (Lipinski definition) is 2. The lowest BCUT2D eigenvalue weighted by Crippen LogP contribution is -2.13. The third-order valence-corrected chi connectivity index (χ3v) is 2.74. The molecule has 2 rings (SSSR count). The first kappa shape index (κ1) is 14.6. The number of rotatable bonds is 2. The van der Waals surface area contributed by atoms with Gasteiger partial charge in [0, 0.05) is 24.0 Å². The van der Waals surface area contributed by atoms with Gasteiger partial charge in [0.2, 0.25) is 5.91 Å². The number of aryl methyl sites for hydroxylation is 1. The van der Waals surface area contributed by atoms with Crippen LogP contribution in [0.15, 0.2) is 29.8 Å². The maximum atomic E-state index is 11.6. The average Bonchev–Trinajstić information content (AvgIpc) is 2.27. The molecule has 98 valence electrons. The van der Waals surface area contributed by atoms with Gasteiger partial charge in [0.05, 0.1) is 0 Å². The zero-order valence-electron chi connectivity index (χ0n) is 10.7. The van der Waals surface area contributed by atoms with E-state index in [-0.39, 0.29) is 18.3 Å².